The largest absolute Gasteiger partial charge is 0.396 e. The number of aliphatic hydroxyl groups is 1. The maximum Gasteiger partial charge on any atom is 0.0462 e. The molecule has 18 heavy (non-hydrogen) atoms. The average molecular weight is 325 g/mol. The maximum absolute atomic E-state index is 9.46. The molecule has 0 bridgehead atoms. The number of aryl methyl sites for hydroxylation is 1. The van der Waals surface area contributed by atoms with Gasteiger partial charge in [-0.1, -0.05) is 34.1 Å². The molecule has 1 aromatic heterocycles. The first-order valence-corrected chi connectivity index (χ1v) is 7.83. The Morgan fingerprint density at radius 1 is 1.17 bits per heavy atom. The minimum absolute atomic E-state index is 0.265. The van der Waals surface area contributed by atoms with E-state index in [0.717, 1.165) is 23.7 Å². The summed E-state index contributed by atoms with van der Waals surface area (Å²) >= 11 is 5.23. The van der Waals surface area contributed by atoms with Gasteiger partial charge in [0.1, 0.15) is 0 Å². The molecule has 0 spiro atoms. The van der Waals surface area contributed by atoms with Gasteiger partial charge in [-0.15, -0.1) is 11.3 Å². The fraction of sp³-hybridized carbons (Fsp3) is 0.333. The van der Waals surface area contributed by atoms with Crippen molar-refractivity contribution >= 4 is 27.3 Å². The SMILES string of the molecule is OCC(CCc1cccs1)Cc1ccc(Br)cc1. The van der Waals surface area contributed by atoms with Crippen LogP contribution in [0.5, 0.6) is 0 Å². The Balaban J connectivity index is 1.87. The summed E-state index contributed by atoms with van der Waals surface area (Å²) in [6.07, 6.45) is 3.07. The van der Waals surface area contributed by atoms with E-state index >= 15 is 0 Å². The lowest BCUT2D eigenvalue weighted by Crippen LogP contribution is -2.10. The first kappa shape index (κ1) is 13.8. The third kappa shape index (κ3) is 4.23. The van der Waals surface area contributed by atoms with Gasteiger partial charge in [-0.25, -0.2) is 0 Å². The molecule has 0 aliphatic heterocycles. The third-order valence-electron chi connectivity index (χ3n) is 3.07. The summed E-state index contributed by atoms with van der Waals surface area (Å²) < 4.78 is 1.10. The van der Waals surface area contributed by atoms with E-state index in [2.05, 4.69) is 57.7 Å². The van der Waals surface area contributed by atoms with Crippen LogP contribution in [0.25, 0.3) is 0 Å². The van der Waals surface area contributed by atoms with Gasteiger partial charge in [0.05, 0.1) is 0 Å². The average Bonchev–Trinajstić information content (AvgIpc) is 2.90. The van der Waals surface area contributed by atoms with E-state index in [4.69, 9.17) is 0 Å². The predicted molar refractivity (Wildman–Crippen MR) is 81.1 cm³/mol. The highest BCUT2D eigenvalue weighted by Crippen LogP contribution is 2.19. The Morgan fingerprint density at radius 2 is 1.94 bits per heavy atom. The summed E-state index contributed by atoms with van der Waals surface area (Å²) in [4.78, 5) is 1.41. The Kier molecular flexibility index (Phi) is 5.42. The van der Waals surface area contributed by atoms with Crippen molar-refractivity contribution in [3.8, 4) is 0 Å². The lowest BCUT2D eigenvalue weighted by molar-refractivity contribution is 0.218. The molecule has 96 valence electrons. The quantitative estimate of drug-likeness (QED) is 0.840. The maximum atomic E-state index is 9.46. The van der Waals surface area contributed by atoms with E-state index < -0.39 is 0 Å². The van der Waals surface area contributed by atoms with Gasteiger partial charge < -0.3 is 5.11 Å². The molecule has 3 heteroatoms. The highest BCUT2D eigenvalue weighted by molar-refractivity contribution is 9.10. The molecule has 0 aliphatic rings. The zero-order valence-corrected chi connectivity index (χ0v) is 12.6. The van der Waals surface area contributed by atoms with E-state index in [-0.39, 0.29) is 6.61 Å². The number of hydrogen-bond acceptors (Lipinski definition) is 2. The zero-order chi connectivity index (χ0) is 12.8. The number of halogens is 1. The molecule has 1 nitrogen and oxygen atoms in total. The standard InChI is InChI=1S/C15H17BrOS/c16-14-6-3-12(4-7-14)10-13(11-17)5-8-15-2-1-9-18-15/h1-4,6-7,9,13,17H,5,8,10-11H2. The topological polar surface area (TPSA) is 20.2 Å². The smallest absolute Gasteiger partial charge is 0.0462 e. The van der Waals surface area contributed by atoms with Crippen LogP contribution >= 0.6 is 27.3 Å². The molecule has 0 aliphatic carbocycles. The van der Waals surface area contributed by atoms with Gasteiger partial charge in [-0.3, -0.25) is 0 Å². The van der Waals surface area contributed by atoms with Crippen LogP contribution in [0.1, 0.15) is 16.9 Å². The Hall–Kier alpha value is -0.640. The number of rotatable bonds is 6. The van der Waals surface area contributed by atoms with Gasteiger partial charge in [0.15, 0.2) is 0 Å². The Labute approximate surface area is 121 Å². The third-order valence-corrected chi connectivity index (χ3v) is 4.54. The molecular weight excluding hydrogens is 308 g/mol. The van der Waals surface area contributed by atoms with Crippen LogP contribution in [0.3, 0.4) is 0 Å². The van der Waals surface area contributed by atoms with E-state index in [9.17, 15) is 5.11 Å². The van der Waals surface area contributed by atoms with Crippen LogP contribution in [0.2, 0.25) is 0 Å². The molecule has 1 aromatic carbocycles. The lowest BCUT2D eigenvalue weighted by atomic mass is 9.95. The second-order valence-electron chi connectivity index (χ2n) is 4.50. The molecule has 0 fully saturated rings. The fourth-order valence-corrected chi connectivity index (χ4v) is 3.00. The summed E-state index contributed by atoms with van der Waals surface area (Å²) in [5.41, 5.74) is 1.29. The van der Waals surface area contributed by atoms with Crippen molar-refractivity contribution in [3.63, 3.8) is 0 Å². The van der Waals surface area contributed by atoms with Crippen molar-refractivity contribution in [2.75, 3.05) is 6.61 Å². The minimum atomic E-state index is 0.265. The monoisotopic (exact) mass is 324 g/mol. The number of hydrogen-bond donors (Lipinski definition) is 1. The summed E-state index contributed by atoms with van der Waals surface area (Å²) in [7, 11) is 0. The lowest BCUT2D eigenvalue weighted by Gasteiger charge is -2.13. The van der Waals surface area contributed by atoms with Gasteiger partial charge in [0, 0.05) is 16.0 Å². The number of aliphatic hydroxyl groups excluding tert-OH is 1. The van der Waals surface area contributed by atoms with Crippen molar-refractivity contribution in [3.05, 3.63) is 56.7 Å². The van der Waals surface area contributed by atoms with E-state index in [1.807, 2.05) is 0 Å². The second kappa shape index (κ2) is 7.07. The highest BCUT2D eigenvalue weighted by atomic mass is 79.9. The molecule has 2 rings (SSSR count). The van der Waals surface area contributed by atoms with Crippen LogP contribution in [0.4, 0.5) is 0 Å². The molecule has 1 atom stereocenters. The molecule has 1 heterocycles. The molecule has 1 unspecified atom stereocenters. The van der Waals surface area contributed by atoms with Crippen molar-refractivity contribution < 1.29 is 5.11 Å². The van der Waals surface area contributed by atoms with Crippen LogP contribution in [0, 0.1) is 5.92 Å². The van der Waals surface area contributed by atoms with Gasteiger partial charge in [-0.05, 0) is 54.3 Å². The summed E-state index contributed by atoms with van der Waals surface area (Å²) in [5.74, 6) is 0.355. The van der Waals surface area contributed by atoms with E-state index in [0.29, 0.717) is 5.92 Å². The number of benzene rings is 1. The van der Waals surface area contributed by atoms with Crippen LogP contribution in [-0.2, 0) is 12.8 Å². The van der Waals surface area contributed by atoms with E-state index in [1.54, 1.807) is 11.3 Å². The van der Waals surface area contributed by atoms with Gasteiger partial charge >= 0.3 is 0 Å². The van der Waals surface area contributed by atoms with Crippen molar-refractivity contribution in [2.24, 2.45) is 5.92 Å². The first-order valence-electron chi connectivity index (χ1n) is 6.15. The number of thiophene rings is 1. The summed E-state index contributed by atoms with van der Waals surface area (Å²) in [6.45, 7) is 0.265. The normalized spacial score (nSPS) is 12.6. The molecular formula is C15H17BrOS. The van der Waals surface area contributed by atoms with Crippen LogP contribution in [-0.4, -0.2) is 11.7 Å². The predicted octanol–water partition coefficient (Wildman–Crippen LogP) is 4.29. The zero-order valence-electron chi connectivity index (χ0n) is 10.2. The van der Waals surface area contributed by atoms with Crippen molar-refractivity contribution in [2.45, 2.75) is 19.3 Å². The van der Waals surface area contributed by atoms with Gasteiger partial charge in [0.2, 0.25) is 0 Å². The van der Waals surface area contributed by atoms with Crippen LogP contribution < -0.4 is 0 Å². The van der Waals surface area contributed by atoms with E-state index in [1.165, 1.54) is 10.4 Å². The van der Waals surface area contributed by atoms with Gasteiger partial charge in [-0.2, -0.15) is 0 Å². The molecule has 2 aromatic rings. The summed E-state index contributed by atoms with van der Waals surface area (Å²) in [5, 5.41) is 11.6. The summed E-state index contributed by atoms with van der Waals surface area (Å²) in [6, 6.07) is 12.6. The van der Waals surface area contributed by atoms with Crippen molar-refractivity contribution in [1.82, 2.24) is 0 Å². The minimum Gasteiger partial charge on any atom is -0.396 e. The molecule has 1 N–H and O–H groups in total. The van der Waals surface area contributed by atoms with Crippen molar-refractivity contribution in [1.29, 1.82) is 0 Å². The van der Waals surface area contributed by atoms with Gasteiger partial charge in [0.25, 0.3) is 0 Å². The van der Waals surface area contributed by atoms with Crippen LogP contribution in [0.15, 0.2) is 46.3 Å². The molecule has 0 radical (unpaired) electrons. The molecule has 0 amide bonds. The fourth-order valence-electron chi connectivity index (χ4n) is 2.01. The Morgan fingerprint density at radius 3 is 2.56 bits per heavy atom. The molecule has 0 saturated carbocycles. The first-order chi connectivity index (χ1) is 8.78. The highest BCUT2D eigenvalue weighted by Gasteiger charge is 2.09. The Bertz CT molecular complexity index is 450. The second-order valence-corrected chi connectivity index (χ2v) is 6.45. The molecule has 0 saturated heterocycles.